The number of Topliss-reactive ketones (excluding diaryl/α,β-unsaturated/α-hetero) is 1. The third-order valence-corrected chi connectivity index (χ3v) is 153. The van der Waals surface area contributed by atoms with Gasteiger partial charge in [0.15, 0.2) is 11.4 Å². The molecule has 30 atom stereocenters. The zero-order chi connectivity index (χ0) is 43.8. The lowest BCUT2D eigenvalue weighted by molar-refractivity contribution is -0.147. The van der Waals surface area contributed by atoms with Crippen LogP contribution in [0, 0.1) is 22.7 Å². The average Bonchev–Trinajstić information content (AvgIpc) is 3.07. The van der Waals surface area contributed by atoms with Gasteiger partial charge in [-0.05, 0) is 98.6 Å². The maximum atomic E-state index is 16.5. The standard InChI is InChI=1S/C20H61O5P32/c1-9-6-7-13(24-45(48(28)29)49(30)31)20(5)14(9)17(44(22)27)11-8-12(23-47(55(42)51(34)35)57(53(38)39)54(40)41)10(2)15(19(11,3)4)16(18(20)21)25-46(50(32)33)56(43-26)52(36)37/h11-14,16-17,43H,1,6-8,26-42H2,2-5H3/q+1/t11?,12-,13-,14-,16+,17+,20+,46?,47?,55?,56?/m0/s1. The van der Waals surface area contributed by atoms with Gasteiger partial charge in [0, 0.05) is 32.8 Å². The number of hydrogen-bond donors (Lipinski definition) is 0. The minimum Gasteiger partial charge on any atom is -0.345 e. The predicted octanol–water partition coefficient (Wildman–Crippen LogP) is 21.4. The highest BCUT2D eigenvalue weighted by Gasteiger charge is 2.68. The second-order valence-corrected chi connectivity index (χ2v) is 124. The second-order valence-electron chi connectivity index (χ2n) is 13.9. The summed E-state index contributed by atoms with van der Waals surface area (Å²) in [5, 5.41) is 0. The minimum atomic E-state index is -1.82. The number of rotatable bonds is 18. The summed E-state index contributed by atoms with van der Waals surface area (Å²) in [5.41, 5.74) is 1.47. The van der Waals surface area contributed by atoms with Crippen molar-refractivity contribution in [1.29, 1.82) is 0 Å². The molecule has 330 valence electrons. The van der Waals surface area contributed by atoms with Gasteiger partial charge in [-0.2, -0.15) is 0 Å². The topological polar surface area (TPSA) is 61.8 Å². The largest absolute Gasteiger partial charge is 0.353 e. The van der Waals surface area contributed by atoms with E-state index in [-0.39, 0.29) is 56.4 Å². The number of fused-ring (bicyclic) bond motifs is 3. The Hall–Kier alpha value is 12.5. The van der Waals surface area contributed by atoms with E-state index in [1.165, 1.54) is 0 Å². The first kappa shape index (κ1) is 63.8. The normalized spacial score (nSPS) is 31.2. The number of hydrogen-bond acceptors (Lipinski definition) is 5. The van der Waals surface area contributed by atoms with Crippen molar-refractivity contribution in [3.8, 4) is 0 Å². The lowest BCUT2D eigenvalue weighted by Crippen LogP contribution is -2.62. The maximum Gasteiger partial charge on any atom is 0.353 e. The molecule has 5 nitrogen and oxygen atoms in total. The number of carbonyl (C=O) groups excluding carboxylic acids is 1. The van der Waals surface area contributed by atoms with Gasteiger partial charge in [-0.25, -0.2) is 0 Å². The van der Waals surface area contributed by atoms with Crippen LogP contribution < -0.4 is 0 Å². The summed E-state index contributed by atoms with van der Waals surface area (Å²) in [6.45, 7) is 8.95. The van der Waals surface area contributed by atoms with Gasteiger partial charge < -0.3 is 13.6 Å². The van der Waals surface area contributed by atoms with Gasteiger partial charge in [0.1, 0.15) is 15.0 Å². The molecule has 2 fully saturated rings. The van der Waals surface area contributed by atoms with Crippen LogP contribution in [0.2, 0.25) is 0 Å². The van der Waals surface area contributed by atoms with Crippen molar-refractivity contribution in [3.05, 3.63) is 23.3 Å². The van der Waals surface area contributed by atoms with E-state index in [1.807, 2.05) is 0 Å². The summed E-state index contributed by atoms with van der Waals surface area (Å²) >= 11 is 0. The van der Waals surface area contributed by atoms with Crippen molar-refractivity contribution in [1.82, 2.24) is 0 Å². The van der Waals surface area contributed by atoms with Crippen molar-refractivity contribution in [3.63, 3.8) is 0 Å². The van der Waals surface area contributed by atoms with Crippen LogP contribution in [0.4, 0.5) is 0 Å². The third kappa shape index (κ3) is 16.0. The first-order chi connectivity index (χ1) is 26.2. The minimum absolute atomic E-state index is 0.0381. The van der Waals surface area contributed by atoms with Crippen molar-refractivity contribution < 1.29 is 22.9 Å². The molecule has 0 amide bonds. The Kier molecular flexibility index (Phi) is 32.6. The van der Waals surface area contributed by atoms with Gasteiger partial charge in [0.2, 0.25) is 0 Å². The Labute approximate surface area is 401 Å². The summed E-state index contributed by atoms with van der Waals surface area (Å²) in [5.74, 6) is -0.280. The highest BCUT2D eigenvalue weighted by atomic mass is 33.2. The first-order valence-corrected chi connectivity index (χ1v) is 71.5. The van der Waals surface area contributed by atoms with Crippen molar-refractivity contribution in [2.24, 2.45) is 22.7 Å². The van der Waals surface area contributed by atoms with Crippen LogP contribution in [0.25, 0.3) is 0 Å². The van der Waals surface area contributed by atoms with Crippen LogP contribution in [-0.4, -0.2) is 29.8 Å². The summed E-state index contributed by atoms with van der Waals surface area (Å²) in [6.07, 6.45) is 0.901. The van der Waals surface area contributed by atoms with Gasteiger partial charge in [0.25, 0.3) is 0 Å². The predicted molar refractivity (Wildman–Crippen MR) is 359 cm³/mol. The molecule has 0 heterocycles. The lowest BCUT2D eigenvalue weighted by Gasteiger charge is -2.57. The zero-order valence-electron chi connectivity index (χ0n) is 31.9. The van der Waals surface area contributed by atoms with Gasteiger partial charge in [-0.1, -0.05) is 47.5 Å². The van der Waals surface area contributed by atoms with Crippen LogP contribution in [0.1, 0.15) is 47.0 Å². The fourth-order valence-corrected chi connectivity index (χ4v) is 205. The zero-order valence-corrected chi connectivity index (χ0v) is 65.1. The molecule has 0 radical (unpaired) electrons. The number of allylic oxidation sites excluding steroid dienone is 1. The highest BCUT2D eigenvalue weighted by Crippen LogP contribution is 3.18. The second kappa shape index (κ2) is 29.1. The molecule has 0 saturated heterocycles. The molecule has 3 aliphatic rings. The molecule has 2 bridgehead atoms. The number of carbonyl (C=O) groups is 1. The molecule has 0 aromatic rings. The molecule has 0 aromatic carbocycles. The van der Waals surface area contributed by atoms with E-state index in [1.54, 1.807) is 0 Å². The molecule has 0 aromatic heterocycles. The Morgan fingerprint density at radius 3 is 1.70 bits per heavy atom. The Balaban J connectivity index is 2.51. The summed E-state index contributed by atoms with van der Waals surface area (Å²) < 4.78 is 37.4. The van der Waals surface area contributed by atoms with Crippen LogP contribution in [0.15, 0.2) is 23.3 Å². The first-order valence-electron chi connectivity index (χ1n) is 16.4. The van der Waals surface area contributed by atoms with Gasteiger partial charge in [-0.3, -0.25) is 4.79 Å². The van der Waals surface area contributed by atoms with Crippen molar-refractivity contribution >= 4 is 265 Å². The van der Waals surface area contributed by atoms with E-state index in [0.717, 1.165) is 29.6 Å². The monoisotopic (exact) mass is 1370 g/mol. The SMILES string of the molecule is C=C1CC[C@H](OP(P(P)P)P(P)P)[C@@]2(C)C(=O)[C@H](OP(P(P)P)P(PP)P(P)P)C3=C(C)[C@@H](OP(P(P)P(P)P)P(P(P)P)P(P)P)CC([C@@H]([P+](=O)P)[C@H]12)C3(C)C. The molecular weight excluding hydrogens is 1310 g/mol. The molecule has 0 aliphatic heterocycles. The lowest BCUT2D eigenvalue weighted by atomic mass is 9.50. The van der Waals surface area contributed by atoms with E-state index in [4.69, 9.17) is 20.2 Å². The molecule has 2 saturated carbocycles. The molecule has 0 N–H and O–H groups in total. The Morgan fingerprint density at radius 1 is 0.754 bits per heavy atom. The fraction of sp³-hybridized carbons (Fsp3) is 0.750. The van der Waals surface area contributed by atoms with Gasteiger partial charge in [-0.15, -0.1) is 134 Å². The van der Waals surface area contributed by atoms with E-state index >= 15 is 4.79 Å². The van der Waals surface area contributed by atoms with Crippen LogP contribution in [-0.2, 0) is 22.9 Å². The van der Waals surface area contributed by atoms with Crippen LogP contribution in [0.3, 0.4) is 0 Å². The molecule has 24 unspecified atom stereocenters. The maximum absolute atomic E-state index is 16.5. The molecular formula is C20H61O5P32+. The Bertz CT molecular complexity index is 1430. The van der Waals surface area contributed by atoms with Gasteiger partial charge in [0.05, 0.1) is 40.2 Å². The summed E-state index contributed by atoms with van der Waals surface area (Å²) in [6, 6.07) is 0. The van der Waals surface area contributed by atoms with E-state index in [0.29, 0.717) is 14.4 Å². The number of ketones is 1. The molecule has 0 spiro atoms. The summed E-state index contributed by atoms with van der Waals surface area (Å²) in [4.78, 5) is 16.5. The van der Waals surface area contributed by atoms with Crippen molar-refractivity contribution in [2.45, 2.75) is 70.9 Å². The average molecular weight is 1370 g/mol. The molecule has 3 aliphatic carbocycles. The van der Waals surface area contributed by atoms with Crippen LogP contribution in [0.5, 0.6) is 0 Å². The smallest absolute Gasteiger partial charge is 0.345 e. The van der Waals surface area contributed by atoms with Crippen LogP contribution >= 0.6 is 260 Å². The Morgan fingerprint density at radius 2 is 1.28 bits per heavy atom. The summed E-state index contributed by atoms with van der Waals surface area (Å²) in [7, 11) is 48.3. The quantitative estimate of drug-likeness (QED) is 0.101. The fourth-order valence-electron chi connectivity index (χ4n) is 7.86. The molecule has 57 heavy (non-hydrogen) atoms. The van der Waals surface area contributed by atoms with E-state index < -0.39 is 95.9 Å². The van der Waals surface area contributed by atoms with E-state index in [2.05, 4.69) is 179 Å². The van der Waals surface area contributed by atoms with E-state index in [9.17, 15) is 4.57 Å². The molecule has 37 heteroatoms. The molecule has 3 rings (SSSR count). The highest BCUT2D eigenvalue weighted by molar-refractivity contribution is 9.19. The van der Waals surface area contributed by atoms with Gasteiger partial charge >= 0.3 is 7.49 Å². The van der Waals surface area contributed by atoms with Crippen molar-refractivity contribution in [2.75, 3.05) is 0 Å². The third-order valence-electron chi connectivity index (χ3n) is 10.3.